The van der Waals surface area contributed by atoms with Gasteiger partial charge in [-0.2, -0.15) is 0 Å². The summed E-state index contributed by atoms with van der Waals surface area (Å²) in [5.41, 5.74) is 0. The summed E-state index contributed by atoms with van der Waals surface area (Å²) < 4.78 is 0. The van der Waals surface area contributed by atoms with Crippen LogP contribution in [-0.2, 0) is 0 Å². The molecule has 2 heteroatoms. The van der Waals surface area contributed by atoms with Crippen LogP contribution >= 0.6 is 11.8 Å². The summed E-state index contributed by atoms with van der Waals surface area (Å²) in [7, 11) is 0. The summed E-state index contributed by atoms with van der Waals surface area (Å²) in [5.74, 6) is 0. The third-order valence-corrected chi connectivity index (χ3v) is 4.40. The molecule has 1 saturated heterocycles. The molecule has 1 nitrogen and oxygen atoms in total. The highest BCUT2D eigenvalue weighted by atomic mass is 32.2. The molecule has 4 unspecified atom stereocenters. The summed E-state index contributed by atoms with van der Waals surface area (Å²) in [6, 6.07) is 1.03. The van der Waals surface area contributed by atoms with Crippen LogP contribution in [0.4, 0.5) is 0 Å². The highest BCUT2D eigenvalue weighted by Gasteiger charge is 2.33. The Morgan fingerprint density at radius 1 is 0.714 bits per heavy atom. The molecule has 0 radical (unpaired) electrons. The molecule has 1 heterocycles. The van der Waals surface area contributed by atoms with E-state index in [1.165, 1.54) is 0 Å². The summed E-state index contributed by atoms with van der Waals surface area (Å²) in [4.78, 5) is 0. The lowest BCUT2D eigenvalue weighted by molar-refractivity contribution is 0.520. The van der Waals surface area contributed by atoms with E-state index in [0.29, 0.717) is 22.6 Å². The Morgan fingerprint density at radius 3 is 1.79 bits per heavy atom. The number of thioether (sulfide) groups is 1. The van der Waals surface area contributed by atoms with E-state index in [0.717, 1.165) is 0 Å². The van der Waals surface area contributed by atoms with E-state index in [4.69, 9.17) is 0 Å². The van der Waals surface area contributed by atoms with Gasteiger partial charge in [-0.1, -0.05) is 48.6 Å². The monoisotopic (exact) mass is 203 g/mol. The molecule has 0 bridgehead atoms. The molecule has 1 aliphatic heterocycles. The number of hydrogen-bond acceptors (Lipinski definition) is 2. The van der Waals surface area contributed by atoms with Crippen LogP contribution in [0, 0.1) is 0 Å². The topological polar surface area (TPSA) is 12.0 Å². The number of hydrogen-bond donors (Lipinski definition) is 1. The lowest BCUT2D eigenvalue weighted by Gasteiger charge is -2.39. The summed E-state index contributed by atoms with van der Waals surface area (Å²) in [6.07, 6.45) is 17.7. The Kier molecular flexibility index (Phi) is 2.11. The zero-order valence-electron chi connectivity index (χ0n) is 7.84. The van der Waals surface area contributed by atoms with Gasteiger partial charge in [0.2, 0.25) is 0 Å². The molecule has 3 aliphatic rings. The van der Waals surface area contributed by atoms with Gasteiger partial charge in [-0.3, -0.25) is 0 Å². The van der Waals surface area contributed by atoms with Crippen LogP contribution < -0.4 is 5.32 Å². The van der Waals surface area contributed by atoms with Crippen molar-refractivity contribution in [2.75, 3.05) is 0 Å². The molecule has 0 aromatic heterocycles. The van der Waals surface area contributed by atoms with Crippen molar-refractivity contribution < 1.29 is 0 Å². The van der Waals surface area contributed by atoms with Crippen LogP contribution in [0.2, 0.25) is 0 Å². The van der Waals surface area contributed by atoms with Gasteiger partial charge in [0.05, 0.1) is 0 Å². The van der Waals surface area contributed by atoms with Crippen molar-refractivity contribution in [3.05, 3.63) is 48.6 Å². The molecule has 3 rings (SSSR count). The van der Waals surface area contributed by atoms with Crippen molar-refractivity contribution in [2.45, 2.75) is 22.6 Å². The second-order valence-corrected chi connectivity index (χ2v) is 5.18. The number of allylic oxidation sites excluding steroid dienone is 4. The largest absolute Gasteiger partial charge is 0.302 e. The van der Waals surface area contributed by atoms with Gasteiger partial charge in [-0.25, -0.2) is 0 Å². The molecule has 1 fully saturated rings. The van der Waals surface area contributed by atoms with E-state index in [-0.39, 0.29) is 0 Å². The quantitative estimate of drug-likeness (QED) is 0.646. The molecule has 2 aliphatic carbocycles. The SMILES string of the molecule is C1=CC2NC3C=CC=CC3SC2C=C1. The van der Waals surface area contributed by atoms with Gasteiger partial charge in [0.1, 0.15) is 0 Å². The molecule has 0 aromatic carbocycles. The first-order valence-corrected chi connectivity index (χ1v) is 5.99. The van der Waals surface area contributed by atoms with Crippen LogP contribution in [0.5, 0.6) is 0 Å². The van der Waals surface area contributed by atoms with Crippen LogP contribution in [0.15, 0.2) is 48.6 Å². The van der Waals surface area contributed by atoms with Crippen molar-refractivity contribution >= 4 is 11.8 Å². The summed E-state index contributed by atoms with van der Waals surface area (Å²) in [5, 5.41) is 4.88. The molecule has 4 atom stereocenters. The van der Waals surface area contributed by atoms with Gasteiger partial charge in [0, 0.05) is 22.6 Å². The molecule has 14 heavy (non-hydrogen) atoms. The molecule has 0 amide bonds. The minimum Gasteiger partial charge on any atom is -0.302 e. The van der Waals surface area contributed by atoms with Gasteiger partial charge in [0.15, 0.2) is 0 Å². The Hall–Kier alpha value is -0.730. The Morgan fingerprint density at radius 2 is 1.21 bits per heavy atom. The van der Waals surface area contributed by atoms with E-state index in [2.05, 4.69) is 65.7 Å². The highest BCUT2D eigenvalue weighted by molar-refractivity contribution is 8.01. The van der Waals surface area contributed by atoms with Crippen LogP contribution in [0.3, 0.4) is 0 Å². The molecular formula is C12H13NS. The molecular weight excluding hydrogens is 190 g/mol. The zero-order chi connectivity index (χ0) is 9.38. The minimum absolute atomic E-state index is 0.516. The van der Waals surface area contributed by atoms with Gasteiger partial charge >= 0.3 is 0 Å². The van der Waals surface area contributed by atoms with E-state index in [9.17, 15) is 0 Å². The third kappa shape index (κ3) is 1.39. The molecule has 0 saturated carbocycles. The van der Waals surface area contributed by atoms with Crippen molar-refractivity contribution in [2.24, 2.45) is 0 Å². The van der Waals surface area contributed by atoms with Gasteiger partial charge < -0.3 is 5.32 Å². The van der Waals surface area contributed by atoms with Crippen LogP contribution in [0.1, 0.15) is 0 Å². The number of nitrogens with one attached hydrogen (secondary N) is 1. The van der Waals surface area contributed by atoms with E-state index in [1.54, 1.807) is 0 Å². The average Bonchev–Trinajstić information content (AvgIpc) is 2.26. The van der Waals surface area contributed by atoms with E-state index in [1.807, 2.05) is 0 Å². The second kappa shape index (κ2) is 3.44. The van der Waals surface area contributed by atoms with Gasteiger partial charge in [-0.05, 0) is 0 Å². The van der Waals surface area contributed by atoms with Crippen molar-refractivity contribution in [1.82, 2.24) is 5.32 Å². The Labute approximate surface area is 88.7 Å². The molecule has 0 aromatic rings. The number of fused-ring (bicyclic) bond motifs is 2. The fourth-order valence-electron chi connectivity index (χ4n) is 2.14. The number of rotatable bonds is 0. The lowest BCUT2D eigenvalue weighted by Crippen LogP contribution is -2.52. The third-order valence-electron chi connectivity index (χ3n) is 2.87. The van der Waals surface area contributed by atoms with Crippen molar-refractivity contribution in [1.29, 1.82) is 0 Å². The van der Waals surface area contributed by atoms with Gasteiger partial charge in [0.25, 0.3) is 0 Å². The Bertz CT molecular complexity index is 274. The minimum atomic E-state index is 0.516. The summed E-state index contributed by atoms with van der Waals surface area (Å²) >= 11 is 2.06. The van der Waals surface area contributed by atoms with Crippen molar-refractivity contribution in [3.8, 4) is 0 Å². The average molecular weight is 203 g/mol. The normalized spacial score (nSPS) is 43.4. The fourth-order valence-corrected chi connectivity index (χ4v) is 3.54. The van der Waals surface area contributed by atoms with Crippen molar-refractivity contribution in [3.63, 3.8) is 0 Å². The fraction of sp³-hybridized carbons (Fsp3) is 0.333. The highest BCUT2D eigenvalue weighted by Crippen LogP contribution is 2.33. The van der Waals surface area contributed by atoms with E-state index >= 15 is 0 Å². The lowest BCUT2D eigenvalue weighted by atomic mass is 10.0. The van der Waals surface area contributed by atoms with Crippen LogP contribution in [-0.4, -0.2) is 22.6 Å². The first-order chi connectivity index (χ1) is 6.93. The van der Waals surface area contributed by atoms with E-state index < -0.39 is 0 Å². The molecule has 72 valence electrons. The zero-order valence-corrected chi connectivity index (χ0v) is 8.65. The summed E-state index contributed by atoms with van der Waals surface area (Å²) in [6.45, 7) is 0. The molecule has 0 spiro atoms. The standard InChI is InChI=1S/C12H13NS/c1-3-7-11-9(5-1)13-10-6-2-4-8-12(10)14-11/h1-13H. The first-order valence-electron chi connectivity index (χ1n) is 5.05. The van der Waals surface area contributed by atoms with Gasteiger partial charge in [-0.15, -0.1) is 11.8 Å². The Balaban J connectivity index is 1.83. The van der Waals surface area contributed by atoms with Crippen LogP contribution in [0.25, 0.3) is 0 Å². The smallest absolute Gasteiger partial charge is 0.0426 e. The maximum atomic E-state index is 3.66. The predicted octanol–water partition coefficient (Wildman–Crippen LogP) is 2.05. The predicted molar refractivity (Wildman–Crippen MR) is 62.4 cm³/mol. The maximum Gasteiger partial charge on any atom is 0.0426 e. The first kappa shape index (κ1) is 8.57. The molecule has 1 N–H and O–H groups in total. The maximum absolute atomic E-state index is 3.66. The second-order valence-electron chi connectivity index (χ2n) is 3.82.